The van der Waals surface area contributed by atoms with Crippen LogP contribution < -0.4 is 24.8 Å². The predicted molar refractivity (Wildman–Crippen MR) is 158 cm³/mol. The van der Waals surface area contributed by atoms with E-state index in [1.807, 2.05) is 43.3 Å². The van der Waals surface area contributed by atoms with Gasteiger partial charge in [-0.2, -0.15) is 0 Å². The average molecular weight is 558 g/mol. The zero-order chi connectivity index (χ0) is 27.5. The molecule has 2 aliphatic heterocycles. The Morgan fingerprint density at radius 1 is 0.900 bits per heavy atom. The Hall–Kier alpha value is -4.08. The van der Waals surface area contributed by atoms with Crippen LogP contribution in [0.3, 0.4) is 0 Å². The van der Waals surface area contributed by atoms with Crippen LogP contribution in [0, 0.1) is 6.92 Å². The van der Waals surface area contributed by atoms with E-state index in [2.05, 4.69) is 15.5 Å². The van der Waals surface area contributed by atoms with Gasteiger partial charge in [0.2, 0.25) is 0 Å². The monoisotopic (exact) mass is 557 g/mol. The van der Waals surface area contributed by atoms with Crippen molar-refractivity contribution in [1.29, 1.82) is 0 Å². The molecular formula is C31H31N3O5S. The first-order valence-electron chi connectivity index (χ1n) is 13.5. The van der Waals surface area contributed by atoms with E-state index in [0.717, 1.165) is 41.0 Å². The minimum atomic E-state index is -0.277. The number of nitrogens with one attached hydrogen (secondary N) is 2. The van der Waals surface area contributed by atoms with E-state index in [4.69, 9.17) is 14.2 Å². The minimum absolute atomic E-state index is 0.198. The lowest BCUT2D eigenvalue weighted by atomic mass is 10.1. The molecule has 0 bridgehead atoms. The third kappa shape index (κ3) is 5.90. The van der Waals surface area contributed by atoms with Gasteiger partial charge in [0.25, 0.3) is 11.8 Å². The molecule has 0 atom stereocenters. The van der Waals surface area contributed by atoms with Crippen molar-refractivity contribution in [3.05, 3.63) is 76.7 Å². The maximum Gasteiger partial charge on any atom is 0.265 e. The van der Waals surface area contributed by atoms with Crippen molar-refractivity contribution in [3.8, 4) is 17.2 Å². The number of thiophene rings is 1. The van der Waals surface area contributed by atoms with Crippen LogP contribution in [0.15, 0.2) is 60.7 Å². The molecule has 40 heavy (non-hydrogen) atoms. The Morgan fingerprint density at radius 2 is 1.73 bits per heavy atom. The van der Waals surface area contributed by atoms with Crippen molar-refractivity contribution in [1.82, 2.24) is 4.90 Å². The first-order valence-corrected chi connectivity index (χ1v) is 14.4. The molecule has 1 saturated heterocycles. The standard InChI is InChI=1S/C31H31N3O5S/c1-20-4-7-23(32-30(35)22-6-9-26-27(16-22)39-15-14-38-26)18-25(20)33-31(36)29-17-21-5-8-24(19-28(21)40-29)37-13-12-34-10-2-3-11-34/h4-9,16-19H,2-3,10-15H2,1H3,(H,32,35)(H,33,36). The number of likely N-dealkylation sites (tertiary alicyclic amines) is 1. The zero-order valence-corrected chi connectivity index (χ0v) is 23.1. The Labute approximate surface area is 236 Å². The highest BCUT2D eigenvalue weighted by molar-refractivity contribution is 7.20. The number of hydrogen-bond acceptors (Lipinski definition) is 7. The van der Waals surface area contributed by atoms with E-state index in [9.17, 15) is 9.59 Å². The molecular weight excluding hydrogens is 526 g/mol. The van der Waals surface area contributed by atoms with Crippen LogP contribution in [0.2, 0.25) is 0 Å². The lowest BCUT2D eigenvalue weighted by Gasteiger charge is -2.18. The lowest BCUT2D eigenvalue weighted by molar-refractivity contribution is 0.102. The van der Waals surface area contributed by atoms with Gasteiger partial charge in [-0.05, 0) is 98.4 Å². The average Bonchev–Trinajstić information content (AvgIpc) is 3.64. The molecule has 0 radical (unpaired) electrons. The molecule has 0 spiro atoms. The molecule has 2 amide bonds. The summed E-state index contributed by atoms with van der Waals surface area (Å²) < 4.78 is 18.1. The number of benzene rings is 3. The fraction of sp³-hybridized carbons (Fsp3) is 0.290. The number of carbonyl (C=O) groups excluding carboxylic acids is 2. The fourth-order valence-electron chi connectivity index (χ4n) is 4.92. The summed E-state index contributed by atoms with van der Waals surface area (Å²) in [6.45, 7) is 6.76. The Morgan fingerprint density at radius 3 is 2.58 bits per heavy atom. The summed E-state index contributed by atoms with van der Waals surface area (Å²) in [6.07, 6.45) is 2.54. The summed E-state index contributed by atoms with van der Waals surface area (Å²) in [6, 6.07) is 18.4. The second-order valence-electron chi connectivity index (χ2n) is 10.0. The zero-order valence-electron chi connectivity index (χ0n) is 22.3. The lowest BCUT2D eigenvalue weighted by Crippen LogP contribution is -2.25. The molecule has 1 fully saturated rings. The van der Waals surface area contributed by atoms with Crippen molar-refractivity contribution in [3.63, 3.8) is 0 Å². The van der Waals surface area contributed by atoms with Crippen LogP contribution in [0.5, 0.6) is 17.2 Å². The van der Waals surface area contributed by atoms with Crippen molar-refractivity contribution < 1.29 is 23.8 Å². The molecule has 0 unspecified atom stereocenters. The summed E-state index contributed by atoms with van der Waals surface area (Å²) in [4.78, 5) is 29.1. The normalized spacial score (nSPS) is 14.7. The third-order valence-corrected chi connectivity index (χ3v) is 8.23. The number of ether oxygens (including phenoxy) is 3. The van der Waals surface area contributed by atoms with Gasteiger partial charge in [-0.3, -0.25) is 14.5 Å². The van der Waals surface area contributed by atoms with Gasteiger partial charge in [-0.25, -0.2) is 0 Å². The molecule has 2 N–H and O–H groups in total. The molecule has 0 aliphatic carbocycles. The van der Waals surface area contributed by atoms with Crippen LogP contribution in [0.1, 0.15) is 38.4 Å². The summed E-state index contributed by atoms with van der Waals surface area (Å²) in [7, 11) is 0. The number of fused-ring (bicyclic) bond motifs is 2. The van der Waals surface area contributed by atoms with Crippen LogP contribution in [0.4, 0.5) is 11.4 Å². The van der Waals surface area contributed by atoms with Crippen LogP contribution in [0.25, 0.3) is 10.1 Å². The van der Waals surface area contributed by atoms with Crippen molar-refractivity contribution >= 4 is 44.6 Å². The van der Waals surface area contributed by atoms with Gasteiger partial charge in [0.1, 0.15) is 25.6 Å². The first kappa shape index (κ1) is 26.2. The van der Waals surface area contributed by atoms with Crippen LogP contribution in [-0.2, 0) is 0 Å². The third-order valence-electron chi connectivity index (χ3n) is 7.14. The highest BCUT2D eigenvalue weighted by Gasteiger charge is 2.17. The van der Waals surface area contributed by atoms with Crippen LogP contribution in [-0.4, -0.2) is 56.2 Å². The molecule has 8 nitrogen and oxygen atoms in total. The molecule has 2 aliphatic rings. The number of anilines is 2. The van der Waals surface area contributed by atoms with Gasteiger partial charge in [-0.15, -0.1) is 11.3 Å². The number of rotatable bonds is 8. The number of nitrogens with zero attached hydrogens (tertiary/aromatic N) is 1. The number of carbonyl (C=O) groups is 2. The fourth-order valence-corrected chi connectivity index (χ4v) is 5.90. The van der Waals surface area contributed by atoms with E-state index in [0.29, 0.717) is 53.1 Å². The van der Waals surface area contributed by atoms with Gasteiger partial charge in [0.15, 0.2) is 11.5 Å². The Kier molecular flexibility index (Phi) is 7.57. The van der Waals surface area contributed by atoms with Gasteiger partial charge < -0.3 is 24.8 Å². The highest BCUT2D eigenvalue weighted by Crippen LogP contribution is 2.32. The van der Waals surface area contributed by atoms with Crippen molar-refractivity contribution in [2.75, 3.05) is 50.1 Å². The van der Waals surface area contributed by atoms with E-state index in [-0.39, 0.29) is 11.8 Å². The number of amides is 2. The number of hydrogen-bond donors (Lipinski definition) is 2. The maximum atomic E-state index is 13.2. The van der Waals surface area contributed by atoms with Gasteiger partial charge >= 0.3 is 0 Å². The molecule has 3 aromatic carbocycles. The number of aryl methyl sites for hydroxylation is 1. The van der Waals surface area contributed by atoms with Gasteiger partial charge in [-0.1, -0.05) is 6.07 Å². The highest BCUT2D eigenvalue weighted by atomic mass is 32.1. The molecule has 3 heterocycles. The SMILES string of the molecule is Cc1ccc(NC(=O)c2ccc3c(c2)OCCO3)cc1NC(=O)c1cc2ccc(OCCN3CCCC3)cc2s1. The Balaban J connectivity index is 1.11. The van der Waals surface area contributed by atoms with E-state index < -0.39 is 0 Å². The van der Waals surface area contributed by atoms with E-state index >= 15 is 0 Å². The predicted octanol–water partition coefficient (Wildman–Crippen LogP) is 5.96. The van der Waals surface area contributed by atoms with Gasteiger partial charge in [0, 0.05) is 28.2 Å². The van der Waals surface area contributed by atoms with E-state index in [1.165, 1.54) is 24.2 Å². The molecule has 4 aromatic rings. The van der Waals surface area contributed by atoms with Crippen LogP contribution >= 0.6 is 11.3 Å². The summed E-state index contributed by atoms with van der Waals surface area (Å²) in [5.41, 5.74) is 2.56. The molecule has 6 rings (SSSR count). The second kappa shape index (κ2) is 11.6. The summed E-state index contributed by atoms with van der Waals surface area (Å²) >= 11 is 1.43. The largest absolute Gasteiger partial charge is 0.492 e. The smallest absolute Gasteiger partial charge is 0.265 e. The van der Waals surface area contributed by atoms with Gasteiger partial charge in [0.05, 0.1) is 4.88 Å². The van der Waals surface area contributed by atoms with Crippen molar-refractivity contribution in [2.45, 2.75) is 19.8 Å². The second-order valence-corrected chi connectivity index (χ2v) is 11.1. The first-order chi connectivity index (χ1) is 19.5. The molecule has 9 heteroatoms. The maximum absolute atomic E-state index is 13.2. The molecule has 0 saturated carbocycles. The quantitative estimate of drug-likeness (QED) is 0.278. The summed E-state index contributed by atoms with van der Waals surface area (Å²) in [5, 5.41) is 6.92. The van der Waals surface area contributed by atoms with Crippen molar-refractivity contribution in [2.24, 2.45) is 0 Å². The topological polar surface area (TPSA) is 89.1 Å². The Bertz CT molecular complexity index is 1560. The van der Waals surface area contributed by atoms with E-state index in [1.54, 1.807) is 24.3 Å². The minimum Gasteiger partial charge on any atom is -0.492 e. The summed E-state index contributed by atoms with van der Waals surface area (Å²) in [5.74, 6) is 1.53. The molecule has 1 aromatic heterocycles. The molecule has 206 valence electrons.